The molecule has 2 rings (SSSR count). The van der Waals surface area contributed by atoms with Crippen molar-refractivity contribution in [3.63, 3.8) is 0 Å². The van der Waals surface area contributed by atoms with Gasteiger partial charge in [-0.05, 0) is 49.9 Å². The van der Waals surface area contributed by atoms with Crippen LogP contribution in [-0.2, 0) is 0 Å². The molecule has 0 heterocycles. The van der Waals surface area contributed by atoms with Gasteiger partial charge in [-0.2, -0.15) is 0 Å². The van der Waals surface area contributed by atoms with Gasteiger partial charge in [0.15, 0.2) is 0 Å². The number of hydrogen-bond donors (Lipinski definition) is 2. The summed E-state index contributed by atoms with van der Waals surface area (Å²) in [6.07, 6.45) is 5.15. The third kappa shape index (κ3) is 3.71. The van der Waals surface area contributed by atoms with Crippen LogP contribution in [0.15, 0.2) is 24.3 Å². The molecule has 1 aromatic carbocycles. The molecule has 1 aromatic rings. The Bertz CT molecular complexity index is 394. The second-order valence-electron chi connectivity index (χ2n) is 5.55. The van der Waals surface area contributed by atoms with Gasteiger partial charge in [-0.15, -0.1) is 0 Å². The molecule has 0 aliphatic heterocycles. The Kier molecular flexibility index (Phi) is 5.23. The zero-order valence-electron chi connectivity index (χ0n) is 12.1. The lowest BCUT2D eigenvalue weighted by Gasteiger charge is -2.34. The van der Waals surface area contributed by atoms with Crippen LogP contribution in [0.5, 0.6) is 5.75 Å². The average Bonchev–Trinajstić information content (AvgIpc) is 2.47. The molecule has 0 bridgehead atoms. The first-order valence-corrected chi connectivity index (χ1v) is 7.34. The number of methoxy groups -OCH3 is 1. The van der Waals surface area contributed by atoms with Crippen molar-refractivity contribution in [2.75, 3.05) is 13.7 Å². The van der Waals surface area contributed by atoms with Crippen LogP contribution in [0.25, 0.3) is 0 Å². The smallest absolute Gasteiger partial charge is 0.119 e. The SMILES string of the molecule is COc1cccc([C@@H](C)NC2CCCCC2CN)c1. The van der Waals surface area contributed by atoms with Crippen molar-refractivity contribution in [2.45, 2.75) is 44.7 Å². The van der Waals surface area contributed by atoms with E-state index in [-0.39, 0.29) is 0 Å². The molecule has 3 nitrogen and oxygen atoms in total. The maximum atomic E-state index is 5.89. The van der Waals surface area contributed by atoms with E-state index in [4.69, 9.17) is 10.5 Å². The molecule has 3 N–H and O–H groups in total. The van der Waals surface area contributed by atoms with Crippen molar-refractivity contribution in [2.24, 2.45) is 11.7 Å². The summed E-state index contributed by atoms with van der Waals surface area (Å²) in [5.74, 6) is 1.55. The van der Waals surface area contributed by atoms with Crippen molar-refractivity contribution in [3.8, 4) is 5.75 Å². The average molecular weight is 262 g/mol. The van der Waals surface area contributed by atoms with E-state index in [1.165, 1.54) is 31.2 Å². The largest absolute Gasteiger partial charge is 0.497 e. The summed E-state index contributed by atoms with van der Waals surface area (Å²) in [5.41, 5.74) is 7.17. The van der Waals surface area contributed by atoms with E-state index in [1.54, 1.807) is 7.11 Å². The molecule has 3 atom stereocenters. The molecule has 1 saturated carbocycles. The molecular weight excluding hydrogens is 236 g/mol. The lowest BCUT2D eigenvalue weighted by atomic mass is 9.84. The zero-order chi connectivity index (χ0) is 13.7. The van der Waals surface area contributed by atoms with E-state index in [0.29, 0.717) is 18.0 Å². The fourth-order valence-electron chi connectivity index (χ4n) is 3.04. The predicted octanol–water partition coefficient (Wildman–Crippen LogP) is 2.86. The predicted molar refractivity (Wildman–Crippen MR) is 79.3 cm³/mol. The quantitative estimate of drug-likeness (QED) is 0.858. The van der Waals surface area contributed by atoms with Gasteiger partial charge < -0.3 is 15.8 Å². The number of nitrogens with two attached hydrogens (primary N) is 1. The van der Waals surface area contributed by atoms with E-state index in [0.717, 1.165) is 12.3 Å². The molecule has 2 unspecified atom stereocenters. The topological polar surface area (TPSA) is 47.3 Å². The van der Waals surface area contributed by atoms with Crippen molar-refractivity contribution in [1.29, 1.82) is 0 Å². The molecule has 106 valence electrons. The second-order valence-corrected chi connectivity index (χ2v) is 5.55. The number of nitrogens with one attached hydrogen (secondary N) is 1. The lowest BCUT2D eigenvalue weighted by Crippen LogP contribution is -2.42. The van der Waals surface area contributed by atoms with Gasteiger partial charge in [-0.25, -0.2) is 0 Å². The van der Waals surface area contributed by atoms with Gasteiger partial charge in [0.25, 0.3) is 0 Å². The highest BCUT2D eigenvalue weighted by molar-refractivity contribution is 5.30. The van der Waals surface area contributed by atoms with Crippen LogP contribution in [0, 0.1) is 5.92 Å². The minimum atomic E-state index is 0.340. The summed E-state index contributed by atoms with van der Waals surface area (Å²) in [6.45, 7) is 3.01. The summed E-state index contributed by atoms with van der Waals surface area (Å²) < 4.78 is 5.29. The van der Waals surface area contributed by atoms with Crippen LogP contribution in [-0.4, -0.2) is 19.7 Å². The van der Waals surface area contributed by atoms with Crippen LogP contribution in [0.2, 0.25) is 0 Å². The van der Waals surface area contributed by atoms with E-state index < -0.39 is 0 Å². The summed E-state index contributed by atoms with van der Waals surface area (Å²) in [6, 6.07) is 9.19. The fourth-order valence-corrected chi connectivity index (χ4v) is 3.04. The number of hydrogen-bond acceptors (Lipinski definition) is 3. The molecule has 1 aliphatic carbocycles. The van der Waals surface area contributed by atoms with Crippen molar-refractivity contribution >= 4 is 0 Å². The molecule has 0 amide bonds. The monoisotopic (exact) mass is 262 g/mol. The summed E-state index contributed by atoms with van der Waals surface area (Å²) in [4.78, 5) is 0. The Morgan fingerprint density at radius 1 is 1.37 bits per heavy atom. The summed E-state index contributed by atoms with van der Waals surface area (Å²) in [7, 11) is 1.71. The molecule has 1 aliphatic rings. The van der Waals surface area contributed by atoms with Crippen LogP contribution in [0.4, 0.5) is 0 Å². The Labute approximate surface area is 116 Å². The van der Waals surface area contributed by atoms with Gasteiger partial charge in [0.05, 0.1) is 7.11 Å². The van der Waals surface area contributed by atoms with Gasteiger partial charge in [0.2, 0.25) is 0 Å². The molecule has 3 heteroatoms. The van der Waals surface area contributed by atoms with Gasteiger partial charge in [0, 0.05) is 12.1 Å². The number of ether oxygens (including phenoxy) is 1. The first kappa shape index (κ1) is 14.4. The van der Waals surface area contributed by atoms with Crippen LogP contribution in [0.1, 0.15) is 44.2 Å². The maximum Gasteiger partial charge on any atom is 0.119 e. The third-order valence-corrected chi connectivity index (χ3v) is 4.27. The van der Waals surface area contributed by atoms with Crippen LogP contribution < -0.4 is 15.8 Å². The minimum absolute atomic E-state index is 0.340. The van der Waals surface area contributed by atoms with Crippen molar-refractivity contribution in [3.05, 3.63) is 29.8 Å². The van der Waals surface area contributed by atoms with E-state index in [1.807, 2.05) is 12.1 Å². The fraction of sp³-hybridized carbons (Fsp3) is 0.625. The molecule has 19 heavy (non-hydrogen) atoms. The minimum Gasteiger partial charge on any atom is -0.497 e. The van der Waals surface area contributed by atoms with E-state index >= 15 is 0 Å². The third-order valence-electron chi connectivity index (χ3n) is 4.27. The number of benzene rings is 1. The van der Waals surface area contributed by atoms with Gasteiger partial charge in [-0.3, -0.25) is 0 Å². The first-order valence-electron chi connectivity index (χ1n) is 7.34. The van der Waals surface area contributed by atoms with Crippen LogP contribution in [0.3, 0.4) is 0 Å². The van der Waals surface area contributed by atoms with Gasteiger partial charge in [0.1, 0.15) is 5.75 Å². The summed E-state index contributed by atoms with van der Waals surface area (Å²) >= 11 is 0. The first-order chi connectivity index (χ1) is 9.24. The molecule has 0 aromatic heterocycles. The Hall–Kier alpha value is -1.06. The lowest BCUT2D eigenvalue weighted by molar-refractivity contribution is 0.252. The normalized spacial score (nSPS) is 25.0. The number of rotatable bonds is 5. The highest BCUT2D eigenvalue weighted by Crippen LogP contribution is 2.27. The highest BCUT2D eigenvalue weighted by atomic mass is 16.5. The second kappa shape index (κ2) is 6.92. The van der Waals surface area contributed by atoms with Gasteiger partial charge in [-0.1, -0.05) is 25.0 Å². The Morgan fingerprint density at radius 2 is 2.16 bits per heavy atom. The molecule has 0 spiro atoms. The summed E-state index contributed by atoms with van der Waals surface area (Å²) in [5, 5.41) is 3.75. The van der Waals surface area contributed by atoms with Crippen LogP contribution >= 0.6 is 0 Å². The van der Waals surface area contributed by atoms with Crippen molar-refractivity contribution in [1.82, 2.24) is 5.32 Å². The molecule has 1 fully saturated rings. The van der Waals surface area contributed by atoms with Crippen molar-refractivity contribution < 1.29 is 4.74 Å². The van der Waals surface area contributed by atoms with E-state index in [2.05, 4.69) is 24.4 Å². The van der Waals surface area contributed by atoms with Gasteiger partial charge >= 0.3 is 0 Å². The highest BCUT2D eigenvalue weighted by Gasteiger charge is 2.25. The zero-order valence-corrected chi connectivity index (χ0v) is 12.1. The maximum absolute atomic E-state index is 5.89. The molecular formula is C16H26N2O. The Balaban J connectivity index is 2.00. The standard InChI is InChI=1S/C16H26N2O/c1-12(13-7-5-8-15(10-13)19-2)18-16-9-4-3-6-14(16)11-17/h5,7-8,10,12,14,16,18H,3-4,6,9,11,17H2,1-2H3/t12-,14?,16?/m1/s1. The Morgan fingerprint density at radius 3 is 2.89 bits per heavy atom. The molecule has 0 radical (unpaired) electrons. The molecule has 0 saturated heterocycles. The van der Waals surface area contributed by atoms with E-state index in [9.17, 15) is 0 Å².